The van der Waals surface area contributed by atoms with Crippen LogP contribution in [0.1, 0.15) is 24.8 Å². The lowest BCUT2D eigenvalue weighted by Gasteiger charge is -2.42. The van der Waals surface area contributed by atoms with E-state index in [1.165, 1.54) is 12.1 Å². The molecule has 1 amide bonds. The number of carbonyl (C=O) groups is 2. The van der Waals surface area contributed by atoms with Crippen LogP contribution in [-0.4, -0.2) is 60.9 Å². The van der Waals surface area contributed by atoms with Crippen molar-refractivity contribution in [1.82, 2.24) is 4.90 Å². The van der Waals surface area contributed by atoms with E-state index in [2.05, 4.69) is 0 Å². The summed E-state index contributed by atoms with van der Waals surface area (Å²) >= 11 is 0. The van der Waals surface area contributed by atoms with Crippen LogP contribution in [0.3, 0.4) is 0 Å². The van der Waals surface area contributed by atoms with Crippen LogP contribution in [-0.2, 0) is 24.5 Å². The summed E-state index contributed by atoms with van der Waals surface area (Å²) in [4.78, 5) is 25.9. The zero-order valence-corrected chi connectivity index (χ0v) is 13.9. The van der Waals surface area contributed by atoms with E-state index < -0.39 is 17.5 Å². The molecule has 2 aliphatic heterocycles. The number of ether oxygens (including phenoxy) is 2. The molecule has 0 bridgehead atoms. The molecule has 2 fully saturated rings. The maximum Gasteiger partial charge on any atom is 0.306 e. The Morgan fingerprint density at radius 1 is 1.28 bits per heavy atom. The maximum absolute atomic E-state index is 13.8. The molecule has 0 aromatic heterocycles. The number of carboxylic acid groups (broad SMARTS) is 1. The highest BCUT2D eigenvalue weighted by atomic mass is 19.1. The van der Waals surface area contributed by atoms with Crippen molar-refractivity contribution < 1.29 is 28.6 Å². The number of hydrogen-bond acceptors (Lipinski definition) is 4. The Hall–Kier alpha value is -1.99. The van der Waals surface area contributed by atoms with Gasteiger partial charge in [-0.05, 0) is 30.5 Å². The number of aliphatic carboxylic acids is 1. The number of carbonyl (C=O) groups excluding carboxylic acids is 1. The topological polar surface area (TPSA) is 76.1 Å². The largest absolute Gasteiger partial charge is 0.481 e. The van der Waals surface area contributed by atoms with Gasteiger partial charge in [0.15, 0.2) is 0 Å². The van der Waals surface area contributed by atoms with E-state index in [1.807, 2.05) is 0 Å². The number of carboxylic acids is 1. The number of amides is 1. The average Bonchev–Trinajstić information content (AvgIpc) is 2.61. The van der Waals surface area contributed by atoms with Crippen molar-refractivity contribution in [3.05, 3.63) is 35.6 Å². The normalized spacial score (nSPS) is 23.2. The number of hydrogen-bond donors (Lipinski definition) is 1. The first-order valence-electron chi connectivity index (χ1n) is 8.48. The SMILES string of the molecule is O=C(O)C[C@@H]1CN(C(=O)C2(c3cccc(F)c3)CCOCC2)CCO1. The van der Waals surface area contributed by atoms with Crippen molar-refractivity contribution >= 4 is 11.9 Å². The Balaban J connectivity index is 1.86. The Labute approximate surface area is 145 Å². The van der Waals surface area contributed by atoms with Crippen LogP contribution in [0.4, 0.5) is 4.39 Å². The Bertz CT molecular complexity index is 644. The highest BCUT2D eigenvalue weighted by Crippen LogP contribution is 2.37. The van der Waals surface area contributed by atoms with E-state index in [4.69, 9.17) is 14.6 Å². The molecule has 3 rings (SSSR count). The fourth-order valence-electron chi connectivity index (χ4n) is 3.66. The van der Waals surface area contributed by atoms with Gasteiger partial charge in [0.2, 0.25) is 5.91 Å². The smallest absolute Gasteiger partial charge is 0.306 e. The third-order valence-electron chi connectivity index (χ3n) is 4.96. The molecule has 0 saturated carbocycles. The number of halogens is 1. The van der Waals surface area contributed by atoms with Crippen LogP contribution in [0, 0.1) is 5.82 Å². The third kappa shape index (κ3) is 3.82. The van der Waals surface area contributed by atoms with Crippen LogP contribution in [0.5, 0.6) is 0 Å². The minimum absolute atomic E-state index is 0.0971. The third-order valence-corrected chi connectivity index (χ3v) is 4.96. The van der Waals surface area contributed by atoms with E-state index >= 15 is 0 Å². The summed E-state index contributed by atoms with van der Waals surface area (Å²) in [5.74, 6) is -1.42. The second-order valence-corrected chi connectivity index (χ2v) is 6.55. The fraction of sp³-hybridized carbons (Fsp3) is 0.556. The molecule has 2 saturated heterocycles. The van der Waals surface area contributed by atoms with Crippen molar-refractivity contribution in [2.45, 2.75) is 30.8 Å². The monoisotopic (exact) mass is 351 g/mol. The lowest BCUT2D eigenvalue weighted by molar-refractivity contribution is -0.153. The first-order valence-corrected chi connectivity index (χ1v) is 8.48. The molecule has 1 aromatic carbocycles. The van der Waals surface area contributed by atoms with Gasteiger partial charge in [0.1, 0.15) is 5.82 Å². The van der Waals surface area contributed by atoms with Gasteiger partial charge in [-0.25, -0.2) is 4.39 Å². The molecule has 1 aromatic rings. The second-order valence-electron chi connectivity index (χ2n) is 6.55. The Morgan fingerprint density at radius 3 is 2.72 bits per heavy atom. The molecular weight excluding hydrogens is 329 g/mol. The minimum Gasteiger partial charge on any atom is -0.481 e. The lowest BCUT2D eigenvalue weighted by Crippen LogP contribution is -2.55. The molecule has 136 valence electrons. The summed E-state index contributed by atoms with van der Waals surface area (Å²) in [7, 11) is 0. The molecular formula is C18H22FNO5. The molecule has 2 aliphatic rings. The molecule has 0 unspecified atom stereocenters. The van der Waals surface area contributed by atoms with Crippen molar-refractivity contribution in [2.75, 3.05) is 32.9 Å². The summed E-state index contributed by atoms with van der Waals surface area (Å²) in [6, 6.07) is 6.17. The van der Waals surface area contributed by atoms with Gasteiger partial charge in [-0.15, -0.1) is 0 Å². The maximum atomic E-state index is 13.8. The quantitative estimate of drug-likeness (QED) is 0.891. The highest BCUT2D eigenvalue weighted by molar-refractivity contribution is 5.88. The molecule has 0 radical (unpaired) electrons. The van der Waals surface area contributed by atoms with Gasteiger partial charge >= 0.3 is 5.97 Å². The second kappa shape index (κ2) is 7.49. The van der Waals surface area contributed by atoms with Crippen molar-refractivity contribution in [3.8, 4) is 0 Å². The molecule has 25 heavy (non-hydrogen) atoms. The van der Waals surface area contributed by atoms with E-state index in [0.29, 0.717) is 44.8 Å². The summed E-state index contributed by atoms with van der Waals surface area (Å²) in [5, 5.41) is 8.96. The highest BCUT2D eigenvalue weighted by Gasteiger charge is 2.45. The molecule has 1 N–H and O–H groups in total. The van der Waals surface area contributed by atoms with Crippen LogP contribution < -0.4 is 0 Å². The van der Waals surface area contributed by atoms with Gasteiger partial charge in [-0.1, -0.05) is 12.1 Å². The first-order chi connectivity index (χ1) is 12.0. The summed E-state index contributed by atoms with van der Waals surface area (Å²) in [6.07, 6.45) is 0.311. The minimum atomic E-state index is -0.954. The van der Waals surface area contributed by atoms with Crippen molar-refractivity contribution in [2.24, 2.45) is 0 Å². The zero-order valence-electron chi connectivity index (χ0n) is 13.9. The molecule has 2 heterocycles. The van der Waals surface area contributed by atoms with Crippen LogP contribution >= 0.6 is 0 Å². The van der Waals surface area contributed by atoms with E-state index in [-0.39, 0.29) is 24.7 Å². The fourth-order valence-corrected chi connectivity index (χ4v) is 3.66. The lowest BCUT2D eigenvalue weighted by atomic mass is 9.72. The average molecular weight is 351 g/mol. The zero-order chi connectivity index (χ0) is 17.9. The summed E-state index contributed by atoms with van der Waals surface area (Å²) in [5.41, 5.74) is -0.173. The number of rotatable bonds is 4. The van der Waals surface area contributed by atoms with Crippen LogP contribution in [0.25, 0.3) is 0 Å². The summed E-state index contributed by atoms with van der Waals surface area (Å²) < 4.78 is 24.6. The number of nitrogens with zero attached hydrogens (tertiary/aromatic N) is 1. The molecule has 7 heteroatoms. The van der Waals surface area contributed by atoms with Gasteiger partial charge < -0.3 is 19.5 Å². The molecule has 0 aliphatic carbocycles. The van der Waals surface area contributed by atoms with E-state index in [9.17, 15) is 14.0 Å². The standard InChI is InChI=1S/C18H22FNO5/c19-14-3-1-2-13(10-14)18(4-7-24-8-5-18)17(23)20-6-9-25-15(12-20)11-16(21)22/h1-3,10,15H,4-9,11-12H2,(H,21,22)/t15-/m1/s1. The Kier molecular flexibility index (Phi) is 5.34. The summed E-state index contributed by atoms with van der Waals surface area (Å²) in [6.45, 7) is 1.83. The van der Waals surface area contributed by atoms with Gasteiger partial charge in [0.05, 0.1) is 24.5 Å². The Morgan fingerprint density at radius 2 is 2.04 bits per heavy atom. The van der Waals surface area contributed by atoms with Crippen LogP contribution in [0.15, 0.2) is 24.3 Å². The van der Waals surface area contributed by atoms with Crippen LogP contribution in [0.2, 0.25) is 0 Å². The first kappa shape index (κ1) is 17.8. The molecule has 1 atom stereocenters. The number of benzene rings is 1. The van der Waals surface area contributed by atoms with Gasteiger partial charge in [0, 0.05) is 26.3 Å². The predicted octanol–water partition coefficient (Wildman–Crippen LogP) is 1.58. The van der Waals surface area contributed by atoms with Gasteiger partial charge in [-0.3, -0.25) is 9.59 Å². The van der Waals surface area contributed by atoms with Gasteiger partial charge in [-0.2, -0.15) is 0 Å². The van der Waals surface area contributed by atoms with E-state index in [1.54, 1.807) is 17.0 Å². The van der Waals surface area contributed by atoms with Crippen molar-refractivity contribution in [1.29, 1.82) is 0 Å². The van der Waals surface area contributed by atoms with Crippen molar-refractivity contribution in [3.63, 3.8) is 0 Å². The van der Waals surface area contributed by atoms with Gasteiger partial charge in [0.25, 0.3) is 0 Å². The molecule has 6 nitrogen and oxygen atoms in total. The predicted molar refractivity (Wildman–Crippen MR) is 86.7 cm³/mol. The molecule has 0 spiro atoms. The number of morpholine rings is 1. The van der Waals surface area contributed by atoms with E-state index in [0.717, 1.165) is 0 Å².